The lowest BCUT2D eigenvalue weighted by Crippen LogP contribution is -2.41. The molecule has 0 bridgehead atoms. The molecule has 2 unspecified atom stereocenters. The molecule has 18 heavy (non-hydrogen) atoms. The summed E-state index contributed by atoms with van der Waals surface area (Å²) in [6.07, 6.45) is 7.01. The van der Waals surface area contributed by atoms with Crippen LogP contribution in [0.25, 0.3) is 0 Å². The zero-order valence-electron chi connectivity index (χ0n) is 10.8. The minimum atomic E-state index is 0.694. The largest absolute Gasteiger partial charge is 0.362 e. The van der Waals surface area contributed by atoms with Crippen LogP contribution in [0.5, 0.6) is 0 Å². The second kappa shape index (κ2) is 5.34. The Balaban J connectivity index is 1.50. The molecule has 0 aromatic carbocycles. The monoisotopic (exact) mass is 264 g/mol. The van der Waals surface area contributed by atoms with E-state index in [-0.39, 0.29) is 0 Å². The summed E-state index contributed by atoms with van der Waals surface area (Å²) < 4.78 is 1.85. The van der Waals surface area contributed by atoms with Gasteiger partial charge in [0.1, 0.15) is 0 Å². The third-order valence-corrected chi connectivity index (χ3v) is 4.91. The Morgan fingerprint density at radius 1 is 1.56 bits per heavy atom. The van der Waals surface area contributed by atoms with Crippen molar-refractivity contribution in [3.8, 4) is 0 Å². The lowest BCUT2D eigenvalue weighted by molar-refractivity contribution is 0.490. The third-order valence-electron chi connectivity index (χ3n) is 3.79. The molecule has 2 heterocycles. The van der Waals surface area contributed by atoms with Gasteiger partial charge < -0.3 is 5.32 Å². The number of aliphatic imine (C=N–C) groups is 1. The molecule has 4 nitrogen and oxygen atoms in total. The number of nitrogens with one attached hydrogen (secondary N) is 1. The van der Waals surface area contributed by atoms with Crippen molar-refractivity contribution in [2.24, 2.45) is 18.0 Å². The van der Waals surface area contributed by atoms with E-state index in [0.717, 1.165) is 29.7 Å². The average molecular weight is 264 g/mol. The van der Waals surface area contributed by atoms with Crippen LogP contribution in [0.3, 0.4) is 0 Å². The number of hydrogen-bond acceptors (Lipinski definition) is 3. The van der Waals surface area contributed by atoms with Crippen LogP contribution in [0.1, 0.15) is 25.0 Å². The molecule has 2 fully saturated rings. The molecule has 1 N–H and O–H groups in total. The van der Waals surface area contributed by atoms with Crippen molar-refractivity contribution in [1.29, 1.82) is 0 Å². The van der Waals surface area contributed by atoms with Gasteiger partial charge in [0.05, 0.1) is 5.69 Å². The Morgan fingerprint density at radius 3 is 3.33 bits per heavy atom. The number of thioether (sulfide) groups is 1. The predicted octanol–water partition coefficient (Wildman–Crippen LogP) is 1.82. The van der Waals surface area contributed by atoms with E-state index in [1.807, 2.05) is 29.7 Å². The van der Waals surface area contributed by atoms with Gasteiger partial charge in [0.2, 0.25) is 0 Å². The SMILES string of the molecule is Cn1ccc(CCN=C2NC3CCCC3CS2)n1. The quantitative estimate of drug-likeness (QED) is 0.905. The van der Waals surface area contributed by atoms with Gasteiger partial charge in [-0.05, 0) is 24.8 Å². The van der Waals surface area contributed by atoms with E-state index in [0.29, 0.717) is 6.04 Å². The maximum Gasteiger partial charge on any atom is 0.156 e. The van der Waals surface area contributed by atoms with Crippen LogP contribution in [0.2, 0.25) is 0 Å². The molecule has 1 aliphatic carbocycles. The van der Waals surface area contributed by atoms with Crippen molar-refractivity contribution in [1.82, 2.24) is 15.1 Å². The van der Waals surface area contributed by atoms with Crippen LogP contribution in [0.4, 0.5) is 0 Å². The van der Waals surface area contributed by atoms with E-state index >= 15 is 0 Å². The number of amidine groups is 1. The van der Waals surface area contributed by atoms with Crippen molar-refractivity contribution in [2.45, 2.75) is 31.7 Å². The first kappa shape index (κ1) is 12.1. The zero-order valence-corrected chi connectivity index (χ0v) is 11.6. The number of aromatic nitrogens is 2. The molecule has 5 heteroatoms. The molecule has 1 saturated carbocycles. The Labute approximate surface area is 112 Å². The molecular formula is C13H20N4S. The van der Waals surface area contributed by atoms with Gasteiger partial charge in [-0.2, -0.15) is 5.10 Å². The van der Waals surface area contributed by atoms with Crippen molar-refractivity contribution in [3.05, 3.63) is 18.0 Å². The number of hydrogen-bond donors (Lipinski definition) is 1. The minimum Gasteiger partial charge on any atom is -0.362 e. The maximum absolute atomic E-state index is 4.67. The molecule has 0 spiro atoms. The van der Waals surface area contributed by atoms with Crippen molar-refractivity contribution < 1.29 is 0 Å². The first-order chi connectivity index (χ1) is 8.81. The highest BCUT2D eigenvalue weighted by Crippen LogP contribution is 2.32. The smallest absolute Gasteiger partial charge is 0.156 e. The molecule has 0 radical (unpaired) electrons. The lowest BCUT2D eigenvalue weighted by atomic mass is 10.1. The summed E-state index contributed by atoms with van der Waals surface area (Å²) in [4.78, 5) is 4.67. The molecular weight excluding hydrogens is 244 g/mol. The Morgan fingerprint density at radius 2 is 2.50 bits per heavy atom. The molecule has 3 rings (SSSR count). The van der Waals surface area contributed by atoms with E-state index in [2.05, 4.69) is 21.5 Å². The van der Waals surface area contributed by atoms with E-state index in [4.69, 9.17) is 0 Å². The summed E-state index contributed by atoms with van der Waals surface area (Å²) in [6, 6.07) is 2.76. The van der Waals surface area contributed by atoms with Gasteiger partial charge >= 0.3 is 0 Å². The van der Waals surface area contributed by atoms with Crippen molar-refractivity contribution in [2.75, 3.05) is 12.3 Å². The zero-order chi connectivity index (χ0) is 12.4. The van der Waals surface area contributed by atoms with Gasteiger partial charge in [0.15, 0.2) is 5.17 Å². The summed E-state index contributed by atoms with van der Waals surface area (Å²) in [5.74, 6) is 2.13. The fourth-order valence-electron chi connectivity index (χ4n) is 2.77. The molecule has 1 saturated heterocycles. The second-order valence-corrected chi connectivity index (χ2v) is 6.18. The second-order valence-electron chi connectivity index (χ2n) is 5.17. The van der Waals surface area contributed by atoms with Crippen LogP contribution in [0, 0.1) is 5.92 Å². The molecule has 1 aliphatic heterocycles. The first-order valence-corrected chi connectivity index (χ1v) is 7.72. The van der Waals surface area contributed by atoms with E-state index in [1.165, 1.54) is 25.0 Å². The van der Waals surface area contributed by atoms with E-state index in [1.54, 1.807) is 0 Å². The lowest BCUT2D eigenvalue weighted by Gasteiger charge is -2.28. The number of rotatable bonds is 3. The molecule has 1 aromatic rings. The Hall–Kier alpha value is -0.970. The van der Waals surface area contributed by atoms with Gasteiger partial charge in [-0.25, -0.2) is 0 Å². The molecule has 0 amide bonds. The standard InChI is InChI=1S/C13H20N4S/c1-17-8-6-11(16-17)5-7-14-13-15-12-4-2-3-10(12)9-18-13/h6,8,10,12H,2-5,7,9H2,1H3,(H,14,15). The summed E-state index contributed by atoms with van der Waals surface area (Å²) >= 11 is 1.89. The summed E-state index contributed by atoms with van der Waals surface area (Å²) in [7, 11) is 1.95. The van der Waals surface area contributed by atoms with Crippen LogP contribution in [-0.2, 0) is 13.5 Å². The van der Waals surface area contributed by atoms with Gasteiger partial charge in [0.25, 0.3) is 0 Å². The summed E-state index contributed by atoms with van der Waals surface area (Å²) in [6.45, 7) is 0.837. The normalized spacial score (nSPS) is 29.3. The molecule has 98 valence electrons. The highest BCUT2D eigenvalue weighted by molar-refractivity contribution is 8.13. The van der Waals surface area contributed by atoms with E-state index < -0.39 is 0 Å². The van der Waals surface area contributed by atoms with Crippen molar-refractivity contribution in [3.63, 3.8) is 0 Å². The van der Waals surface area contributed by atoms with Crippen molar-refractivity contribution >= 4 is 16.9 Å². The third kappa shape index (κ3) is 2.71. The van der Waals surface area contributed by atoms with Crippen LogP contribution >= 0.6 is 11.8 Å². The fourth-order valence-corrected chi connectivity index (χ4v) is 3.96. The highest BCUT2D eigenvalue weighted by Gasteiger charge is 2.31. The van der Waals surface area contributed by atoms with Crippen LogP contribution in [0.15, 0.2) is 17.3 Å². The van der Waals surface area contributed by atoms with E-state index in [9.17, 15) is 0 Å². The molecule has 2 aliphatic rings. The molecule has 2 atom stereocenters. The van der Waals surface area contributed by atoms with Gasteiger partial charge in [-0.3, -0.25) is 9.67 Å². The fraction of sp³-hybridized carbons (Fsp3) is 0.692. The Kier molecular flexibility index (Phi) is 3.59. The highest BCUT2D eigenvalue weighted by atomic mass is 32.2. The summed E-state index contributed by atoms with van der Waals surface area (Å²) in [5, 5.41) is 9.11. The predicted molar refractivity (Wildman–Crippen MR) is 75.9 cm³/mol. The Bertz CT molecular complexity index is 440. The first-order valence-electron chi connectivity index (χ1n) is 6.73. The topological polar surface area (TPSA) is 42.2 Å². The number of fused-ring (bicyclic) bond motifs is 1. The number of aryl methyl sites for hydroxylation is 1. The molecule has 1 aromatic heterocycles. The van der Waals surface area contributed by atoms with Gasteiger partial charge in [-0.15, -0.1) is 0 Å². The average Bonchev–Trinajstić information content (AvgIpc) is 2.97. The van der Waals surface area contributed by atoms with Gasteiger partial charge in [-0.1, -0.05) is 18.2 Å². The van der Waals surface area contributed by atoms with Gasteiger partial charge in [0, 0.05) is 38.0 Å². The summed E-state index contributed by atoms with van der Waals surface area (Å²) in [5.41, 5.74) is 1.13. The minimum absolute atomic E-state index is 0.694. The van der Waals surface area contributed by atoms with Crippen LogP contribution < -0.4 is 5.32 Å². The van der Waals surface area contributed by atoms with Crippen LogP contribution in [-0.4, -0.2) is 33.3 Å². The maximum atomic E-state index is 4.67. The number of nitrogens with zero attached hydrogens (tertiary/aromatic N) is 3.